The second-order valence-electron chi connectivity index (χ2n) is 5.03. The van der Waals surface area contributed by atoms with Gasteiger partial charge in [0.2, 0.25) is 0 Å². The molecule has 0 fully saturated rings. The largest absolute Gasteiger partial charge is 0.313 e. The van der Waals surface area contributed by atoms with Crippen molar-refractivity contribution in [1.29, 1.82) is 0 Å². The van der Waals surface area contributed by atoms with Gasteiger partial charge in [-0.15, -0.1) is 0 Å². The van der Waals surface area contributed by atoms with E-state index in [2.05, 4.69) is 26.1 Å². The van der Waals surface area contributed by atoms with Crippen molar-refractivity contribution in [2.45, 2.75) is 52.3 Å². The van der Waals surface area contributed by atoms with Crippen LogP contribution in [0.1, 0.15) is 41.5 Å². The first-order chi connectivity index (χ1) is 6.29. The Morgan fingerprint density at radius 1 is 1.29 bits per heavy atom. The van der Waals surface area contributed by atoms with Crippen LogP contribution in [-0.2, 0) is 10.8 Å². The maximum Gasteiger partial charge on any atom is 0.0396 e. The predicted molar refractivity (Wildman–Crippen MR) is 65.1 cm³/mol. The fraction of sp³-hybridized carbons (Fsp3) is 1.00. The smallest absolute Gasteiger partial charge is 0.0396 e. The number of hydrogen-bond donors (Lipinski definition) is 1. The lowest BCUT2D eigenvalue weighted by Crippen LogP contribution is -2.41. The van der Waals surface area contributed by atoms with Crippen molar-refractivity contribution in [2.75, 3.05) is 12.3 Å². The highest BCUT2D eigenvalue weighted by Crippen LogP contribution is 2.14. The molecule has 0 aromatic carbocycles. The van der Waals surface area contributed by atoms with Crippen LogP contribution in [0.25, 0.3) is 0 Å². The predicted octanol–water partition coefficient (Wildman–Crippen LogP) is 2.17. The van der Waals surface area contributed by atoms with Crippen LogP contribution in [0, 0.1) is 5.92 Å². The second kappa shape index (κ2) is 5.86. The van der Waals surface area contributed by atoms with Crippen LogP contribution in [0.4, 0.5) is 0 Å². The summed E-state index contributed by atoms with van der Waals surface area (Å²) < 4.78 is 11.8. The highest BCUT2D eigenvalue weighted by atomic mass is 32.2. The van der Waals surface area contributed by atoms with Crippen molar-refractivity contribution in [3.63, 3.8) is 0 Å². The molecule has 0 saturated heterocycles. The van der Waals surface area contributed by atoms with Crippen LogP contribution in [0.3, 0.4) is 0 Å². The summed E-state index contributed by atoms with van der Waals surface area (Å²) in [4.78, 5) is 0. The fourth-order valence-corrected chi connectivity index (χ4v) is 2.49. The average molecular weight is 219 g/mol. The van der Waals surface area contributed by atoms with Gasteiger partial charge in [0.1, 0.15) is 0 Å². The monoisotopic (exact) mass is 219 g/mol. The highest BCUT2D eigenvalue weighted by molar-refractivity contribution is 7.86. The minimum atomic E-state index is -0.752. The van der Waals surface area contributed by atoms with Gasteiger partial charge in [0, 0.05) is 27.3 Å². The fourth-order valence-electron chi connectivity index (χ4n) is 1.16. The summed E-state index contributed by atoms with van der Waals surface area (Å²) in [6, 6.07) is 0.375. The summed E-state index contributed by atoms with van der Waals surface area (Å²) in [5.41, 5.74) is 0. The molecule has 0 heterocycles. The molecule has 2 nitrogen and oxygen atoms in total. The average Bonchev–Trinajstić information content (AvgIpc) is 2.01. The molecular formula is C11H25NOS. The Morgan fingerprint density at radius 3 is 2.07 bits per heavy atom. The topological polar surface area (TPSA) is 29.1 Å². The molecule has 0 aromatic heterocycles. The molecule has 14 heavy (non-hydrogen) atoms. The molecular weight excluding hydrogens is 194 g/mol. The van der Waals surface area contributed by atoms with Gasteiger partial charge >= 0.3 is 0 Å². The number of rotatable bonds is 5. The zero-order valence-corrected chi connectivity index (χ0v) is 11.2. The van der Waals surface area contributed by atoms with Gasteiger partial charge in [-0.05, 0) is 33.2 Å². The lowest BCUT2D eigenvalue weighted by Gasteiger charge is -2.25. The first kappa shape index (κ1) is 14.1. The molecule has 86 valence electrons. The summed E-state index contributed by atoms with van der Waals surface area (Å²) >= 11 is 0. The molecule has 0 aliphatic heterocycles. The van der Waals surface area contributed by atoms with E-state index in [0.29, 0.717) is 12.0 Å². The lowest BCUT2D eigenvalue weighted by atomic mass is 10.1. The molecule has 0 aliphatic rings. The van der Waals surface area contributed by atoms with Crippen LogP contribution in [0.2, 0.25) is 0 Å². The van der Waals surface area contributed by atoms with E-state index < -0.39 is 10.8 Å². The third-order valence-electron chi connectivity index (χ3n) is 2.28. The molecule has 0 rings (SSSR count). The SMILES string of the molecule is CCNC(CS(=O)C(C)(C)C)C(C)C. The van der Waals surface area contributed by atoms with Crippen LogP contribution in [0.15, 0.2) is 0 Å². The van der Waals surface area contributed by atoms with Crippen LogP contribution in [-0.4, -0.2) is 27.3 Å². The van der Waals surface area contributed by atoms with Crippen LogP contribution >= 0.6 is 0 Å². The molecule has 0 aromatic rings. The van der Waals surface area contributed by atoms with Crippen molar-refractivity contribution in [2.24, 2.45) is 5.92 Å². The Kier molecular flexibility index (Phi) is 5.91. The summed E-state index contributed by atoms with van der Waals surface area (Å²) in [5.74, 6) is 1.30. The summed E-state index contributed by atoms with van der Waals surface area (Å²) in [6.45, 7) is 13.5. The summed E-state index contributed by atoms with van der Waals surface area (Å²) in [5, 5.41) is 3.39. The molecule has 0 amide bonds. The van der Waals surface area contributed by atoms with Crippen LogP contribution < -0.4 is 5.32 Å². The Morgan fingerprint density at radius 2 is 1.79 bits per heavy atom. The normalized spacial score (nSPS) is 17.1. The molecule has 0 radical (unpaired) electrons. The maximum absolute atomic E-state index is 11.9. The third-order valence-corrected chi connectivity index (χ3v) is 4.31. The van der Waals surface area contributed by atoms with E-state index in [4.69, 9.17) is 0 Å². The van der Waals surface area contributed by atoms with Crippen molar-refractivity contribution < 1.29 is 4.21 Å². The van der Waals surface area contributed by atoms with Gasteiger partial charge in [0.15, 0.2) is 0 Å². The van der Waals surface area contributed by atoms with Gasteiger partial charge in [0.25, 0.3) is 0 Å². The van der Waals surface area contributed by atoms with Crippen molar-refractivity contribution in [1.82, 2.24) is 5.32 Å². The minimum Gasteiger partial charge on any atom is -0.313 e. The Hall–Kier alpha value is 0.110. The van der Waals surface area contributed by atoms with Gasteiger partial charge < -0.3 is 5.32 Å². The standard InChI is InChI=1S/C11H25NOS/c1-7-12-10(9(2)3)8-14(13)11(4,5)6/h9-10,12H,7-8H2,1-6H3. The summed E-state index contributed by atoms with van der Waals surface area (Å²) in [7, 11) is -0.752. The molecule has 0 bridgehead atoms. The molecule has 1 N–H and O–H groups in total. The van der Waals surface area contributed by atoms with Crippen molar-refractivity contribution >= 4 is 10.8 Å². The van der Waals surface area contributed by atoms with Gasteiger partial charge in [-0.2, -0.15) is 0 Å². The zero-order chi connectivity index (χ0) is 11.4. The molecule has 0 saturated carbocycles. The quantitative estimate of drug-likeness (QED) is 0.768. The Labute approximate surface area is 91.3 Å². The van der Waals surface area contributed by atoms with Gasteiger partial charge in [-0.25, -0.2) is 0 Å². The number of nitrogens with one attached hydrogen (secondary N) is 1. The van der Waals surface area contributed by atoms with Gasteiger partial charge in [-0.3, -0.25) is 4.21 Å². The Bertz CT molecular complexity index is 184. The van der Waals surface area contributed by atoms with E-state index in [1.807, 2.05) is 20.8 Å². The van der Waals surface area contributed by atoms with Crippen molar-refractivity contribution in [3.8, 4) is 0 Å². The number of hydrogen-bond acceptors (Lipinski definition) is 2. The highest BCUT2D eigenvalue weighted by Gasteiger charge is 2.24. The third kappa shape index (κ3) is 5.11. The van der Waals surface area contributed by atoms with Crippen molar-refractivity contribution in [3.05, 3.63) is 0 Å². The summed E-state index contributed by atoms with van der Waals surface area (Å²) in [6.07, 6.45) is 0. The van der Waals surface area contributed by atoms with Crippen LogP contribution in [0.5, 0.6) is 0 Å². The second-order valence-corrected chi connectivity index (χ2v) is 7.28. The van der Waals surface area contributed by atoms with E-state index in [9.17, 15) is 4.21 Å². The van der Waals surface area contributed by atoms with E-state index >= 15 is 0 Å². The van der Waals surface area contributed by atoms with E-state index in [1.165, 1.54) is 0 Å². The first-order valence-electron chi connectivity index (χ1n) is 5.41. The molecule has 0 spiro atoms. The molecule has 0 aliphatic carbocycles. The van der Waals surface area contributed by atoms with Gasteiger partial charge in [-0.1, -0.05) is 20.8 Å². The van der Waals surface area contributed by atoms with E-state index in [0.717, 1.165) is 12.3 Å². The maximum atomic E-state index is 11.9. The zero-order valence-electron chi connectivity index (χ0n) is 10.4. The first-order valence-corrected chi connectivity index (χ1v) is 6.72. The molecule has 3 heteroatoms. The van der Waals surface area contributed by atoms with E-state index in [-0.39, 0.29) is 4.75 Å². The molecule has 2 atom stereocenters. The minimum absolute atomic E-state index is 0.0947. The molecule has 2 unspecified atom stereocenters. The van der Waals surface area contributed by atoms with Gasteiger partial charge in [0.05, 0.1) is 0 Å². The van der Waals surface area contributed by atoms with E-state index in [1.54, 1.807) is 0 Å². The Balaban J connectivity index is 4.24. The lowest BCUT2D eigenvalue weighted by molar-refractivity contribution is 0.438.